The Morgan fingerprint density at radius 3 is 2.50 bits per heavy atom. The number of piperidine rings is 1. The third-order valence-corrected chi connectivity index (χ3v) is 5.15. The first-order chi connectivity index (χ1) is 10.5. The maximum atomic E-state index is 12.4. The van der Waals surface area contributed by atoms with Gasteiger partial charge in [-0.2, -0.15) is 0 Å². The van der Waals surface area contributed by atoms with Crippen molar-refractivity contribution >= 4 is 11.8 Å². The topological polar surface area (TPSA) is 75.4 Å². The van der Waals surface area contributed by atoms with Crippen LogP contribution in [0.4, 0.5) is 0 Å². The van der Waals surface area contributed by atoms with Gasteiger partial charge in [0, 0.05) is 37.5 Å². The van der Waals surface area contributed by atoms with Gasteiger partial charge in [0.25, 0.3) is 0 Å². The van der Waals surface area contributed by atoms with E-state index in [2.05, 4.69) is 5.32 Å². The van der Waals surface area contributed by atoms with Gasteiger partial charge in [-0.05, 0) is 45.4 Å². The molecule has 1 saturated carbocycles. The molecule has 0 aromatic heterocycles. The molecule has 1 aliphatic heterocycles. The highest BCUT2D eigenvalue weighted by Crippen LogP contribution is 2.25. The Bertz CT molecular complexity index is 391. The van der Waals surface area contributed by atoms with Crippen LogP contribution in [0, 0.1) is 11.8 Å². The molecule has 1 heterocycles. The fraction of sp³-hybridized carbons (Fsp3) is 0.882. The lowest BCUT2D eigenvalue weighted by Gasteiger charge is -2.35. The minimum atomic E-state index is -0.0868. The minimum absolute atomic E-state index is 0.0868. The molecule has 3 atom stereocenters. The van der Waals surface area contributed by atoms with Crippen molar-refractivity contribution in [1.82, 2.24) is 10.2 Å². The van der Waals surface area contributed by atoms with E-state index in [4.69, 9.17) is 5.73 Å². The average molecular weight is 309 g/mol. The smallest absolute Gasteiger partial charge is 0.224 e. The van der Waals surface area contributed by atoms with Crippen LogP contribution in [0.5, 0.6) is 0 Å². The van der Waals surface area contributed by atoms with Gasteiger partial charge in [-0.3, -0.25) is 9.59 Å². The predicted molar refractivity (Wildman–Crippen MR) is 87.1 cm³/mol. The van der Waals surface area contributed by atoms with E-state index in [0.29, 0.717) is 12.3 Å². The van der Waals surface area contributed by atoms with Gasteiger partial charge in [0.2, 0.25) is 11.8 Å². The molecule has 0 aromatic rings. The summed E-state index contributed by atoms with van der Waals surface area (Å²) in [5.74, 6) is 0.838. The van der Waals surface area contributed by atoms with Crippen LogP contribution in [0.15, 0.2) is 0 Å². The summed E-state index contributed by atoms with van der Waals surface area (Å²) in [6, 6.07) is 0.0476. The van der Waals surface area contributed by atoms with Crippen LogP contribution in [-0.4, -0.2) is 41.9 Å². The van der Waals surface area contributed by atoms with Gasteiger partial charge in [-0.25, -0.2) is 0 Å². The van der Waals surface area contributed by atoms with Gasteiger partial charge in [0.05, 0.1) is 0 Å². The summed E-state index contributed by atoms with van der Waals surface area (Å²) in [5, 5.41) is 3.01. The number of hydrogen-bond donors (Lipinski definition) is 2. The molecule has 0 aromatic carbocycles. The third kappa shape index (κ3) is 4.70. The second-order valence-corrected chi connectivity index (χ2v) is 7.20. The summed E-state index contributed by atoms with van der Waals surface area (Å²) < 4.78 is 0. The summed E-state index contributed by atoms with van der Waals surface area (Å²) in [7, 11) is 0. The van der Waals surface area contributed by atoms with Crippen molar-refractivity contribution in [3.05, 3.63) is 0 Å². The molecule has 2 fully saturated rings. The van der Waals surface area contributed by atoms with E-state index in [-0.39, 0.29) is 29.8 Å². The Labute approximate surface area is 134 Å². The second-order valence-electron chi connectivity index (χ2n) is 7.20. The summed E-state index contributed by atoms with van der Waals surface area (Å²) in [6.45, 7) is 5.53. The van der Waals surface area contributed by atoms with Crippen LogP contribution < -0.4 is 11.1 Å². The molecule has 2 aliphatic rings. The van der Waals surface area contributed by atoms with Crippen molar-refractivity contribution in [2.75, 3.05) is 13.1 Å². The molecule has 1 saturated heterocycles. The molecular weight excluding hydrogens is 278 g/mol. The molecule has 0 radical (unpaired) electrons. The van der Waals surface area contributed by atoms with Gasteiger partial charge >= 0.3 is 0 Å². The molecule has 3 unspecified atom stereocenters. The first kappa shape index (κ1) is 17.3. The van der Waals surface area contributed by atoms with E-state index in [1.54, 1.807) is 0 Å². The highest BCUT2D eigenvalue weighted by atomic mass is 16.2. The van der Waals surface area contributed by atoms with E-state index in [1.165, 1.54) is 0 Å². The number of likely N-dealkylation sites (tertiary alicyclic amines) is 1. The molecule has 2 amide bonds. The Kier molecular flexibility index (Phi) is 6.24. The second kappa shape index (κ2) is 7.95. The minimum Gasteiger partial charge on any atom is -0.353 e. The van der Waals surface area contributed by atoms with Crippen molar-refractivity contribution in [3.63, 3.8) is 0 Å². The van der Waals surface area contributed by atoms with Crippen LogP contribution in [0.2, 0.25) is 0 Å². The van der Waals surface area contributed by atoms with Gasteiger partial charge < -0.3 is 16.0 Å². The highest BCUT2D eigenvalue weighted by molar-refractivity contribution is 5.81. The van der Waals surface area contributed by atoms with Crippen molar-refractivity contribution < 1.29 is 9.59 Å². The lowest BCUT2D eigenvalue weighted by atomic mass is 9.92. The Morgan fingerprint density at radius 2 is 1.86 bits per heavy atom. The monoisotopic (exact) mass is 309 g/mol. The van der Waals surface area contributed by atoms with Crippen LogP contribution >= 0.6 is 0 Å². The molecule has 0 bridgehead atoms. The maximum Gasteiger partial charge on any atom is 0.224 e. The van der Waals surface area contributed by atoms with Gasteiger partial charge in [-0.1, -0.05) is 12.8 Å². The number of nitrogens with two attached hydrogens (primary N) is 1. The Balaban J connectivity index is 1.76. The van der Waals surface area contributed by atoms with Gasteiger partial charge in [-0.15, -0.1) is 0 Å². The van der Waals surface area contributed by atoms with E-state index >= 15 is 0 Å². The zero-order valence-corrected chi connectivity index (χ0v) is 14.0. The molecule has 3 N–H and O–H groups in total. The maximum absolute atomic E-state index is 12.4. The summed E-state index contributed by atoms with van der Waals surface area (Å²) in [6.07, 6.45) is 6.82. The van der Waals surface area contributed by atoms with Crippen molar-refractivity contribution in [2.45, 2.75) is 70.9 Å². The molecule has 5 nitrogen and oxygen atoms in total. The zero-order chi connectivity index (χ0) is 16.1. The van der Waals surface area contributed by atoms with Crippen LogP contribution in [0.25, 0.3) is 0 Å². The van der Waals surface area contributed by atoms with E-state index in [1.807, 2.05) is 18.7 Å². The molecular formula is C17H31N3O2. The van der Waals surface area contributed by atoms with Crippen LogP contribution in [0.1, 0.15) is 58.8 Å². The van der Waals surface area contributed by atoms with Crippen molar-refractivity contribution in [3.8, 4) is 0 Å². The van der Waals surface area contributed by atoms with Crippen molar-refractivity contribution in [2.24, 2.45) is 17.6 Å². The Hall–Kier alpha value is -1.10. The Morgan fingerprint density at radius 1 is 1.18 bits per heavy atom. The van der Waals surface area contributed by atoms with Gasteiger partial charge in [0.1, 0.15) is 0 Å². The lowest BCUT2D eigenvalue weighted by molar-refractivity contribution is -0.134. The summed E-state index contributed by atoms with van der Waals surface area (Å²) >= 11 is 0. The average Bonchev–Trinajstić information content (AvgIpc) is 3.01. The van der Waals surface area contributed by atoms with E-state index in [9.17, 15) is 9.59 Å². The molecule has 22 heavy (non-hydrogen) atoms. The third-order valence-electron chi connectivity index (χ3n) is 5.15. The van der Waals surface area contributed by atoms with E-state index < -0.39 is 0 Å². The zero-order valence-electron chi connectivity index (χ0n) is 14.0. The lowest BCUT2D eigenvalue weighted by Crippen LogP contribution is -2.47. The number of rotatable bonds is 5. The molecule has 126 valence electrons. The number of nitrogens with one attached hydrogen (secondary N) is 1. The summed E-state index contributed by atoms with van der Waals surface area (Å²) in [5.41, 5.74) is 5.97. The number of hydrogen-bond acceptors (Lipinski definition) is 3. The molecule has 5 heteroatoms. The van der Waals surface area contributed by atoms with E-state index in [0.717, 1.165) is 51.6 Å². The first-order valence-corrected chi connectivity index (χ1v) is 8.81. The molecule has 1 aliphatic carbocycles. The quantitative estimate of drug-likeness (QED) is 0.811. The number of carbonyl (C=O) groups is 2. The number of carbonyl (C=O) groups excluding carboxylic acids is 2. The highest BCUT2D eigenvalue weighted by Gasteiger charge is 2.28. The fourth-order valence-corrected chi connectivity index (χ4v) is 3.66. The molecule has 0 spiro atoms. The van der Waals surface area contributed by atoms with Crippen molar-refractivity contribution in [1.29, 1.82) is 0 Å². The standard InChI is InChI=1S/C17H31N3O2/c1-12(19-17(22)14-6-3-4-7-14)10-16(21)20-9-5-8-15(11-20)13(2)18/h12-15H,3-11,18H2,1-2H3,(H,19,22). The van der Waals surface area contributed by atoms with Gasteiger partial charge in [0.15, 0.2) is 0 Å². The predicted octanol–water partition coefficient (Wildman–Crippen LogP) is 1.66. The molecule has 2 rings (SSSR count). The van der Waals surface area contributed by atoms with Crippen LogP contribution in [0.3, 0.4) is 0 Å². The fourth-order valence-electron chi connectivity index (χ4n) is 3.66. The number of amides is 2. The number of nitrogens with zero attached hydrogens (tertiary/aromatic N) is 1. The normalized spacial score (nSPS) is 25.8. The largest absolute Gasteiger partial charge is 0.353 e. The summed E-state index contributed by atoms with van der Waals surface area (Å²) in [4.78, 5) is 26.4. The SMILES string of the molecule is CC(CC(=O)N1CCCC(C(C)N)C1)NC(=O)C1CCCC1. The van der Waals surface area contributed by atoms with Crippen LogP contribution in [-0.2, 0) is 9.59 Å². The first-order valence-electron chi connectivity index (χ1n) is 8.81.